The Bertz CT molecular complexity index is 893. The van der Waals surface area contributed by atoms with Crippen LogP contribution in [0.4, 0.5) is 5.69 Å². The van der Waals surface area contributed by atoms with E-state index in [0.29, 0.717) is 36.0 Å². The van der Waals surface area contributed by atoms with E-state index in [0.717, 1.165) is 0 Å². The molecular formula is C20H25NO6S. The molecule has 0 saturated carbocycles. The van der Waals surface area contributed by atoms with Crippen molar-refractivity contribution in [2.24, 2.45) is 0 Å². The lowest BCUT2D eigenvalue weighted by Crippen LogP contribution is -2.14. The lowest BCUT2D eigenvalue weighted by molar-refractivity contribution is 0.102. The molecule has 0 saturated heterocycles. The van der Waals surface area contributed by atoms with E-state index in [1.54, 1.807) is 18.2 Å². The van der Waals surface area contributed by atoms with Gasteiger partial charge in [-0.1, -0.05) is 0 Å². The summed E-state index contributed by atoms with van der Waals surface area (Å²) in [5.74, 6) is 0.645. The number of amides is 1. The first-order chi connectivity index (χ1) is 13.4. The van der Waals surface area contributed by atoms with Crippen molar-refractivity contribution < 1.29 is 27.4 Å². The summed E-state index contributed by atoms with van der Waals surface area (Å²) in [7, 11) is -2.00. The van der Waals surface area contributed by atoms with Gasteiger partial charge >= 0.3 is 0 Å². The van der Waals surface area contributed by atoms with Crippen LogP contribution in [0.15, 0.2) is 47.4 Å². The maximum atomic E-state index is 12.6. The first kappa shape index (κ1) is 21.7. The van der Waals surface area contributed by atoms with Crippen molar-refractivity contribution in [3.8, 4) is 11.5 Å². The second kappa shape index (κ2) is 10.1. The van der Waals surface area contributed by atoms with Crippen molar-refractivity contribution in [1.29, 1.82) is 0 Å². The van der Waals surface area contributed by atoms with Crippen molar-refractivity contribution in [1.82, 2.24) is 0 Å². The second-order valence-electron chi connectivity index (χ2n) is 5.81. The van der Waals surface area contributed by atoms with Gasteiger partial charge in [-0.3, -0.25) is 4.79 Å². The molecule has 0 fully saturated rings. The van der Waals surface area contributed by atoms with Crippen molar-refractivity contribution in [2.45, 2.75) is 18.7 Å². The van der Waals surface area contributed by atoms with Crippen molar-refractivity contribution in [3.63, 3.8) is 0 Å². The van der Waals surface area contributed by atoms with Gasteiger partial charge in [-0.25, -0.2) is 8.42 Å². The molecule has 0 bridgehead atoms. The summed E-state index contributed by atoms with van der Waals surface area (Å²) in [6, 6.07) is 11.0. The molecule has 0 spiro atoms. The second-order valence-corrected chi connectivity index (χ2v) is 7.92. The van der Waals surface area contributed by atoms with Crippen LogP contribution in [0, 0.1) is 0 Å². The topological polar surface area (TPSA) is 90.9 Å². The third kappa shape index (κ3) is 5.71. The highest BCUT2D eigenvalue weighted by atomic mass is 32.2. The van der Waals surface area contributed by atoms with Gasteiger partial charge in [0, 0.05) is 18.7 Å². The SMILES string of the molecule is CCOc1ccc(OCC)c(NC(=O)c2ccc(S(=O)(=O)CCOC)cc2)c1. The van der Waals surface area contributed by atoms with Crippen LogP contribution in [0.25, 0.3) is 0 Å². The Kier molecular flexibility index (Phi) is 7.83. The van der Waals surface area contributed by atoms with Gasteiger partial charge in [0.15, 0.2) is 9.84 Å². The summed E-state index contributed by atoms with van der Waals surface area (Å²) in [5.41, 5.74) is 0.810. The van der Waals surface area contributed by atoms with E-state index in [-0.39, 0.29) is 23.2 Å². The Morgan fingerprint density at radius 2 is 1.68 bits per heavy atom. The fourth-order valence-electron chi connectivity index (χ4n) is 2.46. The Morgan fingerprint density at radius 1 is 1.00 bits per heavy atom. The lowest BCUT2D eigenvalue weighted by atomic mass is 10.2. The van der Waals surface area contributed by atoms with Crippen LogP contribution in [0.2, 0.25) is 0 Å². The summed E-state index contributed by atoms with van der Waals surface area (Å²) in [6.45, 7) is 4.79. The molecular weight excluding hydrogens is 382 g/mol. The van der Waals surface area contributed by atoms with E-state index in [9.17, 15) is 13.2 Å². The van der Waals surface area contributed by atoms with Gasteiger partial charge in [0.25, 0.3) is 5.91 Å². The Labute approximate surface area is 165 Å². The number of rotatable bonds is 10. The van der Waals surface area contributed by atoms with E-state index < -0.39 is 9.84 Å². The monoisotopic (exact) mass is 407 g/mol. The third-order valence-corrected chi connectivity index (χ3v) is 5.54. The van der Waals surface area contributed by atoms with Crippen LogP contribution >= 0.6 is 0 Å². The molecule has 1 N–H and O–H groups in total. The number of carbonyl (C=O) groups excluding carboxylic acids is 1. The molecule has 7 nitrogen and oxygen atoms in total. The number of ether oxygens (including phenoxy) is 3. The number of hydrogen-bond acceptors (Lipinski definition) is 6. The molecule has 0 heterocycles. The van der Waals surface area contributed by atoms with Crippen molar-refractivity contribution in [2.75, 3.05) is 38.0 Å². The van der Waals surface area contributed by atoms with Gasteiger partial charge in [-0.2, -0.15) is 0 Å². The normalized spacial score (nSPS) is 11.1. The number of benzene rings is 2. The molecule has 8 heteroatoms. The summed E-state index contributed by atoms with van der Waals surface area (Å²) < 4.78 is 40.2. The molecule has 0 aliphatic rings. The molecule has 0 aromatic heterocycles. The number of hydrogen-bond donors (Lipinski definition) is 1. The number of methoxy groups -OCH3 is 1. The average Bonchev–Trinajstić information content (AvgIpc) is 2.69. The van der Waals surface area contributed by atoms with Gasteiger partial charge in [0.2, 0.25) is 0 Å². The summed E-state index contributed by atoms with van der Waals surface area (Å²) in [6.07, 6.45) is 0. The Hall–Kier alpha value is -2.58. The van der Waals surface area contributed by atoms with E-state index in [1.807, 2.05) is 13.8 Å². The van der Waals surface area contributed by atoms with E-state index in [2.05, 4.69) is 5.32 Å². The van der Waals surface area contributed by atoms with Gasteiger partial charge in [0.05, 0.1) is 36.2 Å². The van der Waals surface area contributed by atoms with Gasteiger partial charge in [-0.15, -0.1) is 0 Å². The van der Waals surface area contributed by atoms with Crippen LogP contribution in [-0.4, -0.2) is 47.0 Å². The van der Waals surface area contributed by atoms with Crippen LogP contribution in [0.1, 0.15) is 24.2 Å². The van der Waals surface area contributed by atoms with Crippen LogP contribution in [-0.2, 0) is 14.6 Å². The number of sulfone groups is 1. The Balaban J connectivity index is 2.19. The predicted octanol–water partition coefficient (Wildman–Crippen LogP) is 3.16. The third-order valence-electron chi connectivity index (χ3n) is 3.84. The molecule has 2 aromatic carbocycles. The molecule has 0 aliphatic carbocycles. The first-order valence-corrected chi connectivity index (χ1v) is 10.6. The summed E-state index contributed by atoms with van der Waals surface area (Å²) in [4.78, 5) is 12.7. The standard InChI is InChI=1S/C20H25NO6S/c1-4-26-16-8-11-19(27-5-2)18(14-16)21-20(22)15-6-9-17(10-7-15)28(23,24)13-12-25-3/h6-11,14H,4-5,12-13H2,1-3H3,(H,21,22). The van der Waals surface area contributed by atoms with Crippen LogP contribution < -0.4 is 14.8 Å². The fraction of sp³-hybridized carbons (Fsp3) is 0.350. The lowest BCUT2D eigenvalue weighted by Gasteiger charge is -2.14. The number of nitrogens with one attached hydrogen (secondary N) is 1. The zero-order valence-corrected chi connectivity index (χ0v) is 17.0. The maximum Gasteiger partial charge on any atom is 0.255 e. The highest BCUT2D eigenvalue weighted by Gasteiger charge is 2.16. The molecule has 0 radical (unpaired) electrons. The molecule has 0 aliphatic heterocycles. The summed E-state index contributed by atoms with van der Waals surface area (Å²) >= 11 is 0. The minimum absolute atomic E-state index is 0.112. The molecule has 2 rings (SSSR count). The van der Waals surface area contributed by atoms with Crippen LogP contribution in [0.5, 0.6) is 11.5 Å². The van der Waals surface area contributed by atoms with Gasteiger partial charge in [-0.05, 0) is 50.2 Å². The minimum atomic E-state index is -3.44. The van der Waals surface area contributed by atoms with Crippen molar-refractivity contribution >= 4 is 21.4 Å². The highest BCUT2D eigenvalue weighted by Crippen LogP contribution is 2.30. The van der Waals surface area contributed by atoms with E-state index in [4.69, 9.17) is 14.2 Å². The molecule has 28 heavy (non-hydrogen) atoms. The highest BCUT2D eigenvalue weighted by molar-refractivity contribution is 7.91. The maximum absolute atomic E-state index is 12.6. The quantitative estimate of drug-likeness (QED) is 0.651. The zero-order chi connectivity index (χ0) is 20.6. The smallest absolute Gasteiger partial charge is 0.255 e. The zero-order valence-electron chi connectivity index (χ0n) is 16.2. The first-order valence-electron chi connectivity index (χ1n) is 8.94. The predicted molar refractivity (Wildman–Crippen MR) is 107 cm³/mol. The van der Waals surface area contributed by atoms with Crippen LogP contribution in [0.3, 0.4) is 0 Å². The number of anilines is 1. The molecule has 1 amide bonds. The van der Waals surface area contributed by atoms with Crippen molar-refractivity contribution in [3.05, 3.63) is 48.0 Å². The minimum Gasteiger partial charge on any atom is -0.494 e. The molecule has 0 unspecified atom stereocenters. The van der Waals surface area contributed by atoms with Gasteiger partial charge in [0.1, 0.15) is 11.5 Å². The molecule has 2 aromatic rings. The average molecular weight is 407 g/mol. The largest absolute Gasteiger partial charge is 0.494 e. The molecule has 152 valence electrons. The fourth-order valence-corrected chi connectivity index (χ4v) is 3.64. The molecule has 0 atom stereocenters. The Morgan fingerprint density at radius 3 is 2.29 bits per heavy atom. The van der Waals surface area contributed by atoms with E-state index in [1.165, 1.54) is 31.4 Å². The number of carbonyl (C=O) groups is 1. The van der Waals surface area contributed by atoms with E-state index >= 15 is 0 Å². The van der Waals surface area contributed by atoms with Gasteiger partial charge < -0.3 is 19.5 Å². The summed E-state index contributed by atoms with van der Waals surface area (Å²) in [5, 5.41) is 2.79.